The predicted octanol–water partition coefficient (Wildman–Crippen LogP) is 1.91. The van der Waals surface area contributed by atoms with Crippen molar-refractivity contribution < 1.29 is 4.79 Å². The zero-order chi connectivity index (χ0) is 16.4. The van der Waals surface area contributed by atoms with E-state index in [1.54, 1.807) is 6.20 Å². The van der Waals surface area contributed by atoms with Crippen molar-refractivity contribution in [2.24, 2.45) is 5.92 Å². The van der Waals surface area contributed by atoms with E-state index in [0.717, 1.165) is 62.0 Å². The molecule has 0 N–H and O–H groups in total. The quantitative estimate of drug-likeness (QED) is 0.851. The van der Waals surface area contributed by atoms with Crippen LogP contribution in [0.25, 0.3) is 5.65 Å². The molecule has 0 atom stereocenters. The van der Waals surface area contributed by atoms with Gasteiger partial charge in [0.15, 0.2) is 5.65 Å². The lowest BCUT2D eigenvalue weighted by molar-refractivity contribution is -0.132. The highest BCUT2D eigenvalue weighted by Crippen LogP contribution is 2.25. The second-order valence-electron chi connectivity index (χ2n) is 6.55. The normalized spacial score (nSPS) is 19.8. The third-order valence-electron chi connectivity index (χ3n) is 5.01. The van der Waals surface area contributed by atoms with Crippen LogP contribution in [-0.2, 0) is 4.79 Å². The highest BCUT2D eigenvalue weighted by molar-refractivity contribution is 7.99. The van der Waals surface area contributed by atoms with Gasteiger partial charge in [-0.05, 0) is 30.9 Å². The van der Waals surface area contributed by atoms with Crippen molar-refractivity contribution in [2.75, 3.05) is 42.6 Å². The van der Waals surface area contributed by atoms with Crippen molar-refractivity contribution in [3.05, 3.63) is 24.5 Å². The number of anilines is 1. The highest BCUT2D eigenvalue weighted by atomic mass is 32.2. The SMILES string of the molecule is O=C(CC1CCN(c2ccc3nccn3n2)CC1)N1CCSCC1. The topological polar surface area (TPSA) is 53.7 Å². The lowest BCUT2D eigenvalue weighted by Gasteiger charge is -2.34. The first-order valence-electron chi connectivity index (χ1n) is 8.70. The van der Waals surface area contributed by atoms with E-state index in [9.17, 15) is 4.79 Å². The summed E-state index contributed by atoms with van der Waals surface area (Å²) in [7, 11) is 0. The first kappa shape index (κ1) is 15.7. The molecule has 2 saturated heterocycles. The van der Waals surface area contributed by atoms with E-state index in [1.807, 2.05) is 34.6 Å². The van der Waals surface area contributed by atoms with E-state index >= 15 is 0 Å². The number of hydrogen-bond donors (Lipinski definition) is 0. The Balaban J connectivity index is 1.32. The molecule has 0 aromatic carbocycles. The zero-order valence-electron chi connectivity index (χ0n) is 13.8. The Morgan fingerprint density at radius 1 is 1.17 bits per heavy atom. The van der Waals surface area contributed by atoms with Crippen LogP contribution in [0, 0.1) is 5.92 Å². The molecular weight excluding hydrogens is 322 g/mol. The molecule has 24 heavy (non-hydrogen) atoms. The molecule has 2 aromatic rings. The minimum absolute atomic E-state index is 0.353. The van der Waals surface area contributed by atoms with Crippen LogP contribution in [-0.4, -0.2) is 63.1 Å². The molecule has 2 fully saturated rings. The number of nitrogens with zero attached hydrogens (tertiary/aromatic N) is 5. The number of amides is 1. The van der Waals surface area contributed by atoms with Crippen LogP contribution in [0.2, 0.25) is 0 Å². The standard InChI is InChI=1S/C17H23N5OS/c23-17(21-9-11-24-12-10-21)13-14-3-6-20(7-4-14)16-2-1-15-18-5-8-22(15)19-16/h1-2,5,8,14H,3-4,6-7,9-13H2. The van der Waals surface area contributed by atoms with Gasteiger partial charge in [0.25, 0.3) is 0 Å². The summed E-state index contributed by atoms with van der Waals surface area (Å²) in [6.07, 6.45) is 6.49. The van der Waals surface area contributed by atoms with Gasteiger partial charge in [0, 0.05) is 56.5 Å². The summed E-state index contributed by atoms with van der Waals surface area (Å²) in [5, 5.41) is 4.62. The van der Waals surface area contributed by atoms with Crippen molar-refractivity contribution in [2.45, 2.75) is 19.3 Å². The fraction of sp³-hybridized carbons (Fsp3) is 0.588. The molecule has 4 heterocycles. The Bertz CT molecular complexity index is 704. The monoisotopic (exact) mass is 345 g/mol. The summed E-state index contributed by atoms with van der Waals surface area (Å²) in [5.41, 5.74) is 0.874. The number of piperidine rings is 1. The van der Waals surface area contributed by atoms with Crippen LogP contribution in [0.15, 0.2) is 24.5 Å². The number of carbonyl (C=O) groups excluding carboxylic acids is 1. The fourth-order valence-corrected chi connectivity index (χ4v) is 4.43. The van der Waals surface area contributed by atoms with E-state index in [1.165, 1.54) is 0 Å². The number of imidazole rings is 1. The minimum Gasteiger partial charge on any atom is -0.355 e. The Hall–Kier alpha value is -1.76. The summed E-state index contributed by atoms with van der Waals surface area (Å²) in [5.74, 6) is 4.05. The Morgan fingerprint density at radius 3 is 2.75 bits per heavy atom. The lowest BCUT2D eigenvalue weighted by atomic mass is 9.93. The van der Waals surface area contributed by atoms with Gasteiger partial charge < -0.3 is 9.80 Å². The lowest BCUT2D eigenvalue weighted by Crippen LogP contribution is -2.40. The Kier molecular flexibility index (Phi) is 4.60. The third kappa shape index (κ3) is 3.36. The molecule has 6 nitrogen and oxygen atoms in total. The van der Waals surface area contributed by atoms with Crippen molar-refractivity contribution in [3.8, 4) is 0 Å². The van der Waals surface area contributed by atoms with Crippen LogP contribution in [0.5, 0.6) is 0 Å². The van der Waals surface area contributed by atoms with Gasteiger partial charge in [0.2, 0.25) is 5.91 Å². The molecule has 0 aliphatic carbocycles. The Morgan fingerprint density at radius 2 is 1.96 bits per heavy atom. The molecule has 128 valence electrons. The van der Waals surface area contributed by atoms with E-state index < -0.39 is 0 Å². The molecule has 2 aromatic heterocycles. The van der Waals surface area contributed by atoms with Crippen molar-refractivity contribution in [1.29, 1.82) is 0 Å². The van der Waals surface area contributed by atoms with E-state index in [-0.39, 0.29) is 0 Å². The maximum absolute atomic E-state index is 12.4. The summed E-state index contributed by atoms with van der Waals surface area (Å²) in [6.45, 7) is 3.80. The molecule has 0 unspecified atom stereocenters. The molecular formula is C17H23N5OS. The maximum Gasteiger partial charge on any atom is 0.222 e. The van der Waals surface area contributed by atoms with Crippen molar-refractivity contribution in [1.82, 2.24) is 19.5 Å². The summed E-state index contributed by atoms with van der Waals surface area (Å²) >= 11 is 1.95. The number of carbonyl (C=O) groups is 1. The van der Waals surface area contributed by atoms with Crippen molar-refractivity contribution >= 4 is 29.1 Å². The highest BCUT2D eigenvalue weighted by Gasteiger charge is 2.25. The van der Waals surface area contributed by atoms with Crippen LogP contribution < -0.4 is 4.90 Å². The molecule has 7 heteroatoms. The van der Waals surface area contributed by atoms with E-state index in [2.05, 4.69) is 19.9 Å². The largest absolute Gasteiger partial charge is 0.355 e. The number of aromatic nitrogens is 3. The Labute approximate surface area is 146 Å². The predicted molar refractivity (Wildman–Crippen MR) is 96.4 cm³/mol. The summed E-state index contributed by atoms with van der Waals surface area (Å²) in [6, 6.07) is 4.05. The van der Waals surface area contributed by atoms with Gasteiger partial charge in [-0.3, -0.25) is 4.79 Å². The third-order valence-corrected chi connectivity index (χ3v) is 5.95. The molecule has 1 amide bonds. The van der Waals surface area contributed by atoms with Gasteiger partial charge in [0.1, 0.15) is 5.82 Å². The van der Waals surface area contributed by atoms with Crippen LogP contribution in [0.3, 0.4) is 0 Å². The molecule has 0 bridgehead atoms. The van der Waals surface area contributed by atoms with E-state index in [4.69, 9.17) is 0 Å². The van der Waals surface area contributed by atoms with Gasteiger partial charge in [-0.15, -0.1) is 5.10 Å². The van der Waals surface area contributed by atoms with E-state index in [0.29, 0.717) is 18.2 Å². The molecule has 2 aliphatic rings. The number of thioether (sulfide) groups is 1. The molecule has 2 aliphatic heterocycles. The van der Waals surface area contributed by atoms with Gasteiger partial charge in [-0.2, -0.15) is 11.8 Å². The average molecular weight is 345 g/mol. The molecule has 0 radical (unpaired) electrons. The molecule has 0 saturated carbocycles. The smallest absolute Gasteiger partial charge is 0.222 e. The van der Waals surface area contributed by atoms with Gasteiger partial charge in [-0.25, -0.2) is 9.50 Å². The second-order valence-corrected chi connectivity index (χ2v) is 7.77. The average Bonchev–Trinajstić information content (AvgIpc) is 3.11. The van der Waals surface area contributed by atoms with Crippen LogP contribution in [0.4, 0.5) is 5.82 Å². The molecule has 4 rings (SSSR count). The van der Waals surface area contributed by atoms with Gasteiger partial charge in [-0.1, -0.05) is 0 Å². The fourth-order valence-electron chi connectivity index (χ4n) is 3.53. The summed E-state index contributed by atoms with van der Waals surface area (Å²) in [4.78, 5) is 21.0. The van der Waals surface area contributed by atoms with Crippen molar-refractivity contribution in [3.63, 3.8) is 0 Å². The van der Waals surface area contributed by atoms with Gasteiger partial charge >= 0.3 is 0 Å². The van der Waals surface area contributed by atoms with Gasteiger partial charge in [0.05, 0.1) is 0 Å². The second kappa shape index (κ2) is 7.01. The first-order valence-corrected chi connectivity index (χ1v) is 9.86. The number of hydrogen-bond acceptors (Lipinski definition) is 5. The maximum atomic E-state index is 12.4. The number of fused-ring (bicyclic) bond motifs is 1. The minimum atomic E-state index is 0.353. The first-order chi connectivity index (χ1) is 11.8. The zero-order valence-corrected chi connectivity index (χ0v) is 14.6. The van der Waals surface area contributed by atoms with Crippen LogP contribution >= 0.6 is 11.8 Å². The summed E-state index contributed by atoms with van der Waals surface area (Å²) < 4.78 is 1.82. The number of rotatable bonds is 3. The van der Waals surface area contributed by atoms with Crippen LogP contribution in [0.1, 0.15) is 19.3 Å². The molecule has 0 spiro atoms.